The molecule has 24 heavy (non-hydrogen) atoms. The van der Waals surface area contributed by atoms with Gasteiger partial charge in [0.25, 0.3) is 5.91 Å². The maximum Gasteiger partial charge on any atom is 0.273 e. The van der Waals surface area contributed by atoms with Gasteiger partial charge in [-0.1, -0.05) is 72.8 Å². The Balaban J connectivity index is 1.74. The number of hydrogen-bond acceptors (Lipinski definition) is 3. The summed E-state index contributed by atoms with van der Waals surface area (Å²) in [6, 6.07) is 23.3. The normalized spacial score (nSPS) is 12.4. The molecule has 0 saturated heterocycles. The molecule has 120 valence electrons. The highest BCUT2D eigenvalue weighted by atomic mass is 16.5. The average molecular weight is 318 g/mol. The van der Waals surface area contributed by atoms with Gasteiger partial charge in [-0.3, -0.25) is 4.79 Å². The molecule has 0 radical (unpaired) electrons. The molecule has 0 bridgehead atoms. The van der Waals surface area contributed by atoms with Gasteiger partial charge in [-0.25, -0.2) is 5.43 Å². The second-order valence-electron chi connectivity index (χ2n) is 5.33. The lowest BCUT2D eigenvalue weighted by Crippen LogP contribution is -2.26. The second kappa shape index (κ2) is 7.53. The van der Waals surface area contributed by atoms with E-state index in [2.05, 4.69) is 10.5 Å². The number of benzene rings is 3. The van der Waals surface area contributed by atoms with Crippen LogP contribution in [0.25, 0.3) is 10.8 Å². The molecule has 0 aliphatic rings. The van der Waals surface area contributed by atoms with Crippen molar-refractivity contribution in [3.8, 4) is 0 Å². The smallest absolute Gasteiger partial charge is 0.273 e. The summed E-state index contributed by atoms with van der Waals surface area (Å²) in [7, 11) is 1.51. The first-order chi connectivity index (χ1) is 11.8. The largest absolute Gasteiger partial charge is 0.367 e. The first-order valence-corrected chi connectivity index (χ1v) is 7.68. The number of methoxy groups -OCH3 is 1. The van der Waals surface area contributed by atoms with Crippen LogP contribution in [0.2, 0.25) is 0 Å². The fraction of sp³-hybridized carbons (Fsp3) is 0.100. The maximum atomic E-state index is 12.3. The zero-order valence-corrected chi connectivity index (χ0v) is 13.3. The Morgan fingerprint density at radius 3 is 2.50 bits per heavy atom. The van der Waals surface area contributed by atoms with Crippen LogP contribution in [0.4, 0.5) is 0 Å². The van der Waals surface area contributed by atoms with Crippen LogP contribution in [-0.2, 0) is 9.53 Å². The molecule has 0 heterocycles. The fourth-order valence-corrected chi connectivity index (χ4v) is 2.61. The van der Waals surface area contributed by atoms with E-state index in [1.807, 2.05) is 72.8 Å². The number of fused-ring (bicyclic) bond motifs is 1. The van der Waals surface area contributed by atoms with Crippen molar-refractivity contribution in [1.29, 1.82) is 0 Å². The summed E-state index contributed by atoms with van der Waals surface area (Å²) in [6.07, 6.45) is 0.966. The third kappa shape index (κ3) is 3.50. The number of rotatable bonds is 5. The van der Waals surface area contributed by atoms with Crippen molar-refractivity contribution in [2.24, 2.45) is 5.10 Å². The van der Waals surface area contributed by atoms with E-state index in [1.54, 1.807) is 6.21 Å². The van der Waals surface area contributed by atoms with E-state index in [-0.39, 0.29) is 5.91 Å². The Hall–Kier alpha value is -2.98. The van der Waals surface area contributed by atoms with E-state index in [0.29, 0.717) is 0 Å². The molecule has 1 amide bonds. The van der Waals surface area contributed by atoms with Crippen molar-refractivity contribution in [3.63, 3.8) is 0 Å². The average Bonchev–Trinajstić information content (AvgIpc) is 2.63. The van der Waals surface area contributed by atoms with E-state index in [9.17, 15) is 4.79 Å². The Bertz CT molecular complexity index is 854. The van der Waals surface area contributed by atoms with Crippen LogP contribution in [0.1, 0.15) is 17.2 Å². The zero-order chi connectivity index (χ0) is 16.8. The van der Waals surface area contributed by atoms with Gasteiger partial charge in [0.2, 0.25) is 0 Å². The monoisotopic (exact) mass is 318 g/mol. The van der Waals surface area contributed by atoms with Crippen molar-refractivity contribution in [3.05, 3.63) is 83.9 Å². The van der Waals surface area contributed by atoms with Crippen molar-refractivity contribution < 1.29 is 9.53 Å². The van der Waals surface area contributed by atoms with Gasteiger partial charge >= 0.3 is 0 Å². The van der Waals surface area contributed by atoms with Crippen molar-refractivity contribution in [1.82, 2.24) is 5.43 Å². The fourth-order valence-electron chi connectivity index (χ4n) is 2.61. The summed E-state index contributed by atoms with van der Waals surface area (Å²) < 4.78 is 5.29. The molecule has 0 aliphatic carbocycles. The van der Waals surface area contributed by atoms with Gasteiger partial charge in [0.05, 0.1) is 6.21 Å². The van der Waals surface area contributed by atoms with Crippen LogP contribution in [0, 0.1) is 0 Å². The van der Waals surface area contributed by atoms with Crippen molar-refractivity contribution in [2.75, 3.05) is 7.11 Å². The first kappa shape index (κ1) is 15.9. The lowest BCUT2D eigenvalue weighted by atomic mass is 10.1. The van der Waals surface area contributed by atoms with E-state index in [1.165, 1.54) is 7.11 Å². The lowest BCUT2D eigenvalue weighted by Gasteiger charge is -2.13. The van der Waals surface area contributed by atoms with Gasteiger partial charge < -0.3 is 4.74 Å². The minimum absolute atomic E-state index is 0.305. The molecule has 0 aliphatic heterocycles. The van der Waals surface area contributed by atoms with Gasteiger partial charge in [0.15, 0.2) is 6.10 Å². The molecule has 0 aromatic heterocycles. The molecule has 0 fully saturated rings. The number of ether oxygens (including phenoxy) is 1. The molecule has 4 heteroatoms. The topological polar surface area (TPSA) is 50.7 Å². The van der Waals surface area contributed by atoms with E-state index < -0.39 is 6.10 Å². The van der Waals surface area contributed by atoms with Gasteiger partial charge in [-0.05, 0) is 16.3 Å². The summed E-state index contributed by atoms with van der Waals surface area (Å²) >= 11 is 0. The molecule has 0 spiro atoms. The van der Waals surface area contributed by atoms with E-state index in [4.69, 9.17) is 4.74 Å². The standard InChI is InChI=1S/C20H18N2O2/c1-24-19(16-9-3-2-4-10-16)20(23)22-21-14-17-12-7-11-15-8-5-6-13-18(15)17/h2-14,19H,1H3,(H,22,23)/b21-14+. The molecular weight excluding hydrogens is 300 g/mol. The number of amides is 1. The SMILES string of the molecule is COC(C(=O)N/N=C/c1cccc2ccccc12)c1ccccc1. The minimum atomic E-state index is -0.684. The van der Waals surface area contributed by atoms with Crippen LogP contribution in [-0.4, -0.2) is 19.2 Å². The maximum absolute atomic E-state index is 12.3. The summed E-state index contributed by atoms with van der Waals surface area (Å²) in [5.74, 6) is -0.305. The Morgan fingerprint density at radius 1 is 1.00 bits per heavy atom. The third-order valence-electron chi connectivity index (χ3n) is 3.78. The predicted molar refractivity (Wildman–Crippen MR) is 95.9 cm³/mol. The predicted octanol–water partition coefficient (Wildman–Crippen LogP) is 3.68. The first-order valence-electron chi connectivity index (χ1n) is 7.68. The van der Waals surface area contributed by atoms with Crippen LogP contribution in [0.3, 0.4) is 0 Å². The second-order valence-corrected chi connectivity index (χ2v) is 5.33. The van der Waals surface area contributed by atoms with Crippen LogP contribution in [0.15, 0.2) is 77.9 Å². The van der Waals surface area contributed by atoms with Crippen LogP contribution >= 0.6 is 0 Å². The Kier molecular flexibility index (Phi) is 4.99. The van der Waals surface area contributed by atoms with E-state index in [0.717, 1.165) is 21.9 Å². The highest BCUT2D eigenvalue weighted by molar-refractivity contribution is 6.00. The minimum Gasteiger partial charge on any atom is -0.367 e. The molecule has 4 nitrogen and oxygen atoms in total. The number of hydrazone groups is 1. The quantitative estimate of drug-likeness (QED) is 0.576. The molecule has 0 saturated carbocycles. The summed E-state index contributed by atoms with van der Waals surface area (Å²) in [5.41, 5.74) is 4.29. The number of carbonyl (C=O) groups is 1. The molecule has 1 atom stereocenters. The van der Waals surface area contributed by atoms with E-state index >= 15 is 0 Å². The molecule has 1 N–H and O–H groups in total. The number of nitrogens with one attached hydrogen (secondary N) is 1. The zero-order valence-electron chi connectivity index (χ0n) is 13.3. The Morgan fingerprint density at radius 2 is 1.71 bits per heavy atom. The number of hydrogen-bond donors (Lipinski definition) is 1. The van der Waals surface area contributed by atoms with Gasteiger partial charge in [0.1, 0.15) is 0 Å². The van der Waals surface area contributed by atoms with Crippen molar-refractivity contribution in [2.45, 2.75) is 6.10 Å². The van der Waals surface area contributed by atoms with Gasteiger partial charge in [0, 0.05) is 12.7 Å². The summed E-state index contributed by atoms with van der Waals surface area (Å²) in [6.45, 7) is 0. The molecule has 3 rings (SSSR count). The summed E-state index contributed by atoms with van der Waals surface area (Å²) in [4.78, 5) is 12.3. The Labute approximate surface area is 140 Å². The van der Waals surface area contributed by atoms with Gasteiger partial charge in [-0.2, -0.15) is 5.10 Å². The van der Waals surface area contributed by atoms with Crippen molar-refractivity contribution >= 4 is 22.9 Å². The van der Waals surface area contributed by atoms with Crippen LogP contribution in [0.5, 0.6) is 0 Å². The molecular formula is C20H18N2O2. The molecule has 3 aromatic carbocycles. The highest BCUT2D eigenvalue weighted by Gasteiger charge is 2.19. The summed E-state index contributed by atoms with van der Waals surface area (Å²) in [5, 5.41) is 6.30. The molecule has 3 aromatic rings. The number of carbonyl (C=O) groups excluding carboxylic acids is 1. The van der Waals surface area contributed by atoms with Gasteiger partial charge in [-0.15, -0.1) is 0 Å². The van der Waals surface area contributed by atoms with Crippen LogP contribution < -0.4 is 5.43 Å². The third-order valence-corrected chi connectivity index (χ3v) is 3.78. The lowest BCUT2D eigenvalue weighted by molar-refractivity contribution is -0.131. The number of nitrogens with zero attached hydrogens (tertiary/aromatic N) is 1. The highest BCUT2D eigenvalue weighted by Crippen LogP contribution is 2.17. The molecule has 1 unspecified atom stereocenters.